The van der Waals surface area contributed by atoms with E-state index in [-0.39, 0.29) is 5.91 Å². The Balaban J connectivity index is 2.33. The minimum Gasteiger partial charge on any atom is -0.339 e. The van der Waals surface area contributed by atoms with E-state index in [1.165, 1.54) is 0 Å². The highest BCUT2D eigenvalue weighted by Crippen LogP contribution is 2.27. The lowest BCUT2D eigenvalue weighted by atomic mass is 10.0. The monoisotopic (exact) mass is 242 g/mol. The molecule has 1 aromatic carbocycles. The van der Waals surface area contributed by atoms with Gasteiger partial charge in [-0.15, -0.1) is 0 Å². The molecule has 0 radical (unpaired) electrons. The van der Waals surface area contributed by atoms with Crippen molar-refractivity contribution in [1.82, 2.24) is 4.90 Å². The maximum atomic E-state index is 12.3. The number of hydrogen-bond donors (Lipinski definition) is 1. The molecular formula is C15H18N2O. The van der Waals surface area contributed by atoms with E-state index < -0.39 is 0 Å². The van der Waals surface area contributed by atoms with Crippen molar-refractivity contribution >= 4 is 5.91 Å². The summed E-state index contributed by atoms with van der Waals surface area (Å²) in [5.41, 5.74) is 7.94. The second-order valence-corrected chi connectivity index (χ2v) is 4.70. The molecule has 0 aromatic heterocycles. The van der Waals surface area contributed by atoms with Gasteiger partial charge in [-0.05, 0) is 37.5 Å². The zero-order valence-electron chi connectivity index (χ0n) is 10.9. The Labute approximate surface area is 108 Å². The topological polar surface area (TPSA) is 46.3 Å². The van der Waals surface area contributed by atoms with Gasteiger partial charge in [-0.2, -0.15) is 0 Å². The van der Waals surface area contributed by atoms with Gasteiger partial charge in [0.15, 0.2) is 0 Å². The molecule has 0 saturated heterocycles. The number of aryl methyl sites for hydroxylation is 1. The summed E-state index contributed by atoms with van der Waals surface area (Å²) in [4.78, 5) is 14.2. The van der Waals surface area contributed by atoms with Crippen molar-refractivity contribution < 1.29 is 4.79 Å². The summed E-state index contributed by atoms with van der Waals surface area (Å²) in [6.07, 6.45) is 2.22. The van der Waals surface area contributed by atoms with Crippen molar-refractivity contribution in [1.29, 1.82) is 0 Å². The van der Waals surface area contributed by atoms with Crippen LogP contribution in [0.3, 0.4) is 0 Å². The van der Waals surface area contributed by atoms with Crippen LogP contribution in [0.2, 0.25) is 0 Å². The summed E-state index contributed by atoms with van der Waals surface area (Å²) < 4.78 is 0. The summed E-state index contributed by atoms with van der Waals surface area (Å²) in [7, 11) is 1.86. The van der Waals surface area contributed by atoms with Crippen LogP contribution in [0.5, 0.6) is 0 Å². The van der Waals surface area contributed by atoms with Crippen molar-refractivity contribution in [2.75, 3.05) is 13.6 Å². The van der Waals surface area contributed by atoms with Crippen LogP contribution in [0.15, 0.2) is 18.2 Å². The van der Waals surface area contributed by atoms with E-state index in [0.29, 0.717) is 18.2 Å². The molecule has 18 heavy (non-hydrogen) atoms. The first-order valence-electron chi connectivity index (χ1n) is 6.20. The number of nitrogens with two attached hydrogens (primary N) is 1. The molecule has 0 aliphatic heterocycles. The fraction of sp³-hybridized carbons (Fsp3) is 0.400. The lowest BCUT2D eigenvalue weighted by molar-refractivity contribution is 0.0785. The number of nitrogens with zero attached hydrogens (tertiary/aromatic N) is 1. The maximum absolute atomic E-state index is 12.3. The molecule has 0 spiro atoms. The fourth-order valence-electron chi connectivity index (χ4n) is 1.91. The smallest absolute Gasteiger partial charge is 0.255 e. The molecule has 1 amide bonds. The predicted molar refractivity (Wildman–Crippen MR) is 72.2 cm³/mol. The van der Waals surface area contributed by atoms with Gasteiger partial charge < -0.3 is 10.6 Å². The Bertz CT molecular complexity index is 521. The van der Waals surface area contributed by atoms with Gasteiger partial charge in [0.05, 0.1) is 12.1 Å². The van der Waals surface area contributed by atoms with Gasteiger partial charge in [0.1, 0.15) is 0 Å². The molecule has 0 atom stereocenters. The number of carbonyl (C=O) groups excluding carboxylic acids is 1. The average molecular weight is 242 g/mol. The molecule has 1 fully saturated rings. The molecule has 0 heterocycles. The van der Waals surface area contributed by atoms with Crippen molar-refractivity contribution in [3.63, 3.8) is 0 Å². The van der Waals surface area contributed by atoms with Crippen molar-refractivity contribution in [2.45, 2.75) is 25.8 Å². The molecule has 1 aliphatic rings. The summed E-state index contributed by atoms with van der Waals surface area (Å²) >= 11 is 0. The van der Waals surface area contributed by atoms with E-state index in [9.17, 15) is 4.79 Å². The zero-order valence-corrected chi connectivity index (χ0v) is 10.9. The van der Waals surface area contributed by atoms with Crippen LogP contribution < -0.4 is 5.73 Å². The molecule has 94 valence electrons. The van der Waals surface area contributed by atoms with Gasteiger partial charge in [0.25, 0.3) is 5.91 Å². The maximum Gasteiger partial charge on any atom is 0.255 e. The Morgan fingerprint density at radius 1 is 1.50 bits per heavy atom. The second kappa shape index (κ2) is 5.24. The fourth-order valence-corrected chi connectivity index (χ4v) is 1.91. The molecule has 2 rings (SSSR count). The van der Waals surface area contributed by atoms with Crippen LogP contribution in [-0.4, -0.2) is 30.4 Å². The molecule has 1 saturated carbocycles. The molecule has 3 nitrogen and oxygen atoms in total. The lowest BCUT2D eigenvalue weighted by Gasteiger charge is -2.17. The molecule has 0 bridgehead atoms. The molecule has 3 heteroatoms. The molecule has 1 aliphatic carbocycles. The first-order chi connectivity index (χ1) is 8.63. The Hall–Kier alpha value is -1.79. The van der Waals surface area contributed by atoms with Gasteiger partial charge in [-0.25, -0.2) is 0 Å². The molecular weight excluding hydrogens is 224 g/mol. The molecule has 1 aromatic rings. The van der Waals surface area contributed by atoms with Crippen molar-refractivity contribution in [3.05, 3.63) is 34.9 Å². The SMILES string of the molecule is Cc1ccc(C(=O)N(C)C2CC2)c(C#CCN)c1. The summed E-state index contributed by atoms with van der Waals surface area (Å²) in [5.74, 6) is 5.86. The van der Waals surface area contributed by atoms with Crippen LogP contribution in [0.4, 0.5) is 0 Å². The summed E-state index contributed by atoms with van der Waals surface area (Å²) in [5, 5.41) is 0. The zero-order chi connectivity index (χ0) is 13.1. The number of rotatable bonds is 2. The first-order valence-corrected chi connectivity index (χ1v) is 6.20. The van der Waals surface area contributed by atoms with Gasteiger partial charge >= 0.3 is 0 Å². The van der Waals surface area contributed by atoms with Crippen LogP contribution in [0.1, 0.15) is 34.3 Å². The lowest BCUT2D eigenvalue weighted by Crippen LogP contribution is -2.29. The molecule has 2 N–H and O–H groups in total. The molecule has 0 unspecified atom stereocenters. The van der Waals surface area contributed by atoms with Crippen LogP contribution in [0, 0.1) is 18.8 Å². The minimum atomic E-state index is 0.0545. The van der Waals surface area contributed by atoms with Crippen molar-refractivity contribution in [3.8, 4) is 11.8 Å². The second-order valence-electron chi connectivity index (χ2n) is 4.70. The summed E-state index contributed by atoms with van der Waals surface area (Å²) in [6, 6.07) is 6.16. The first kappa shape index (κ1) is 12.7. The van der Waals surface area contributed by atoms with Crippen molar-refractivity contribution in [2.24, 2.45) is 5.73 Å². The van der Waals surface area contributed by atoms with E-state index >= 15 is 0 Å². The van der Waals surface area contributed by atoms with Gasteiger partial charge in [-0.3, -0.25) is 4.79 Å². The number of carbonyl (C=O) groups is 1. The number of hydrogen-bond acceptors (Lipinski definition) is 2. The number of amides is 1. The minimum absolute atomic E-state index is 0.0545. The van der Waals surface area contributed by atoms with Crippen LogP contribution in [-0.2, 0) is 0 Å². The van der Waals surface area contributed by atoms with Gasteiger partial charge in [-0.1, -0.05) is 17.9 Å². The highest BCUT2D eigenvalue weighted by molar-refractivity contribution is 5.97. The quantitative estimate of drug-likeness (QED) is 0.800. The predicted octanol–water partition coefficient (Wildman–Crippen LogP) is 1.54. The standard InChI is InChI=1S/C15H18N2O/c1-11-5-8-14(12(10-11)4-3-9-16)15(18)17(2)13-6-7-13/h5,8,10,13H,6-7,9,16H2,1-2H3. The van der Waals surface area contributed by atoms with E-state index in [0.717, 1.165) is 24.0 Å². The van der Waals surface area contributed by atoms with E-state index in [1.54, 1.807) is 0 Å². The average Bonchev–Trinajstić information content (AvgIpc) is 3.19. The third-order valence-corrected chi connectivity index (χ3v) is 3.15. The third kappa shape index (κ3) is 2.72. The third-order valence-electron chi connectivity index (χ3n) is 3.15. The highest BCUT2D eigenvalue weighted by atomic mass is 16.2. The highest BCUT2D eigenvalue weighted by Gasteiger charge is 2.30. The summed E-state index contributed by atoms with van der Waals surface area (Å²) in [6.45, 7) is 2.30. The normalized spacial score (nSPS) is 13.7. The van der Waals surface area contributed by atoms with E-state index in [4.69, 9.17) is 5.73 Å². The van der Waals surface area contributed by atoms with E-state index in [1.807, 2.05) is 37.1 Å². The van der Waals surface area contributed by atoms with Gasteiger partial charge in [0, 0.05) is 18.7 Å². The Morgan fingerprint density at radius 3 is 2.83 bits per heavy atom. The van der Waals surface area contributed by atoms with Gasteiger partial charge in [0.2, 0.25) is 0 Å². The Kier molecular flexibility index (Phi) is 3.69. The number of benzene rings is 1. The Morgan fingerprint density at radius 2 is 2.22 bits per heavy atom. The largest absolute Gasteiger partial charge is 0.339 e. The van der Waals surface area contributed by atoms with Crippen LogP contribution >= 0.6 is 0 Å². The van der Waals surface area contributed by atoms with Crippen LogP contribution in [0.25, 0.3) is 0 Å². The van der Waals surface area contributed by atoms with E-state index in [2.05, 4.69) is 11.8 Å².